The standard InChI is InChI=1S/C21H23N5S2/c1-4-15-12-28-21-24-18(17-7-5-6-8-22-17)19(26(15)21)16-11-13(2)25(14(16)3)20-23-9-10-27-20/h5-11,15,18-19H,4,12H2,1-3H3/t15-,18-,19+/m1/s1. The Hall–Kier alpha value is -2.12. The van der Waals surface area contributed by atoms with E-state index in [1.807, 2.05) is 35.6 Å². The molecule has 3 aromatic heterocycles. The van der Waals surface area contributed by atoms with Crippen molar-refractivity contribution in [2.24, 2.45) is 4.99 Å². The molecule has 0 N–H and O–H groups in total. The zero-order valence-corrected chi connectivity index (χ0v) is 17.9. The molecule has 1 saturated heterocycles. The molecule has 1 fully saturated rings. The molecule has 5 heterocycles. The molecule has 7 heteroatoms. The number of rotatable bonds is 4. The minimum atomic E-state index is 0.0308. The number of aromatic nitrogens is 3. The molecule has 144 valence electrons. The van der Waals surface area contributed by atoms with E-state index in [1.165, 1.54) is 22.1 Å². The maximum absolute atomic E-state index is 5.14. The second kappa shape index (κ2) is 7.04. The average molecular weight is 410 g/mol. The van der Waals surface area contributed by atoms with E-state index in [1.54, 1.807) is 11.3 Å². The van der Waals surface area contributed by atoms with Crippen LogP contribution >= 0.6 is 23.1 Å². The zero-order valence-electron chi connectivity index (χ0n) is 16.2. The first-order valence-corrected chi connectivity index (χ1v) is 11.5. The summed E-state index contributed by atoms with van der Waals surface area (Å²) in [6.45, 7) is 6.65. The van der Waals surface area contributed by atoms with Crippen LogP contribution in [0.5, 0.6) is 0 Å². The molecule has 3 aromatic rings. The van der Waals surface area contributed by atoms with E-state index in [4.69, 9.17) is 4.99 Å². The monoisotopic (exact) mass is 409 g/mol. The highest BCUT2D eigenvalue weighted by molar-refractivity contribution is 8.14. The summed E-state index contributed by atoms with van der Waals surface area (Å²) in [5, 5.41) is 4.23. The van der Waals surface area contributed by atoms with Gasteiger partial charge in [-0.25, -0.2) is 4.98 Å². The summed E-state index contributed by atoms with van der Waals surface area (Å²) < 4.78 is 2.28. The number of aryl methyl sites for hydroxylation is 1. The van der Waals surface area contributed by atoms with Crippen LogP contribution in [0.1, 0.15) is 48.1 Å². The molecule has 5 nitrogen and oxygen atoms in total. The molecular weight excluding hydrogens is 386 g/mol. The number of thioether (sulfide) groups is 1. The molecule has 5 rings (SSSR count). The van der Waals surface area contributed by atoms with Crippen LogP contribution in [0.25, 0.3) is 5.13 Å². The van der Waals surface area contributed by atoms with Gasteiger partial charge in [-0.2, -0.15) is 0 Å². The van der Waals surface area contributed by atoms with Gasteiger partial charge in [0, 0.05) is 41.0 Å². The summed E-state index contributed by atoms with van der Waals surface area (Å²) in [4.78, 5) is 16.9. The van der Waals surface area contributed by atoms with Crippen LogP contribution in [-0.4, -0.2) is 36.4 Å². The Balaban J connectivity index is 1.65. The number of nitrogens with zero attached hydrogens (tertiary/aromatic N) is 5. The lowest BCUT2D eigenvalue weighted by molar-refractivity contribution is 0.254. The van der Waals surface area contributed by atoms with Crippen molar-refractivity contribution in [1.29, 1.82) is 0 Å². The number of amidine groups is 1. The Bertz CT molecular complexity index is 1010. The van der Waals surface area contributed by atoms with Crippen molar-refractivity contribution in [3.05, 3.63) is 64.7 Å². The lowest BCUT2D eigenvalue weighted by Gasteiger charge is -2.31. The van der Waals surface area contributed by atoms with Gasteiger partial charge in [0.25, 0.3) is 0 Å². The molecule has 0 aromatic carbocycles. The molecule has 0 saturated carbocycles. The van der Waals surface area contributed by atoms with Crippen LogP contribution in [0, 0.1) is 13.8 Å². The summed E-state index contributed by atoms with van der Waals surface area (Å²) in [5.41, 5.74) is 4.85. The highest BCUT2D eigenvalue weighted by Crippen LogP contribution is 2.49. The van der Waals surface area contributed by atoms with Gasteiger partial charge in [0.2, 0.25) is 0 Å². The van der Waals surface area contributed by atoms with Crippen LogP contribution in [0.3, 0.4) is 0 Å². The molecule has 3 atom stereocenters. The van der Waals surface area contributed by atoms with Crippen LogP contribution in [-0.2, 0) is 0 Å². The van der Waals surface area contributed by atoms with Gasteiger partial charge in [0.1, 0.15) is 6.04 Å². The molecule has 0 bridgehead atoms. The van der Waals surface area contributed by atoms with E-state index < -0.39 is 0 Å². The maximum Gasteiger partial charge on any atom is 0.193 e. The van der Waals surface area contributed by atoms with E-state index in [2.05, 4.69) is 58.4 Å². The molecule has 0 spiro atoms. The minimum Gasteiger partial charge on any atom is -0.338 e. The summed E-state index contributed by atoms with van der Waals surface area (Å²) in [6.07, 6.45) is 4.87. The third kappa shape index (κ3) is 2.71. The predicted octanol–water partition coefficient (Wildman–Crippen LogP) is 4.93. The normalized spacial score (nSPS) is 23.9. The number of thiazole rings is 1. The highest BCUT2D eigenvalue weighted by atomic mass is 32.2. The quantitative estimate of drug-likeness (QED) is 0.613. The molecule has 0 aliphatic carbocycles. The van der Waals surface area contributed by atoms with Crippen molar-refractivity contribution < 1.29 is 0 Å². The molecule has 2 aliphatic heterocycles. The van der Waals surface area contributed by atoms with E-state index in [-0.39, 0.29) is 12.1 Å². The van der Waals surface area contributed by atoms with Gasteiger partial charge < -0.3 is 4.90 Å². The van der Waals surface area contributed by atoms with Crippen LogP contribution in [0.15, 0.2) is 47.0 Å². The van der Waals surface area contributed by atoms with E-state index >= 15 is 0 Å². The molecule has 0 radical (unpaired) electrons. The van der Waals surface area contributed by atoms with Crippen LogP contribution in [0.4, 0.5) is 0 Å². The molecule has 2 aliphatic rings. The zero-order chi connectivity index (χ0) is 19.3. The highest BCUT2D eigenvalue weighted by Gasteiger charge is 2.46. The number of aliphatic imine (C=N–C) groups is 1. The first-order chi connectivity index (χ1) is 13.7. The van der Waals surface area contributed by atoms with Gasteiger partial charge >= 0.3 is 0 Å². The molecular formula is C21H23N5S2. The number of fused-ring (bicyclic) bond motifs is 1. The predicted molar refractivity (Wildman–Crippen MR) is 116 cm³/mol. The topological polar surface area (TPSA) is 46.3 Å². The third-order valence-electron chi connectivity index (χ3n) is 5.73. The van der Waals surface area contributed by atoms with Gasteiger partial charge in [-0.15, -0.1) is 11.3 Å². The van der Waals surface area contributed by atoms with Crippen molar-refractivity contribution in [3.63, 3.8) is 0 Å². The van der Waals surface area contributed by atoms with E-state index in [9.17, 15) is 0 Å². The van der Waals surface area contributed by atoms with E-state index in [0.717, 1.165) is 23.0 Å². The van der Waals surface area contributed by atoms with Crippen molar-refractivity contribution in [2.75, 3.05) is 5.75 Å². The smallest absolute Gasteiger partial charge is 0.193 e. The lowest BCUT2D eigenvalue weighted by atomic mass is 9.95. The first-order valence-electron chi connectivity index (χ1n) is 9.67. The molecule has 0 amide bonds. The average Bonchev–Trinajstić information content (AvgIpc) is 3.47. The van der Waals surface area contributed by atoms with Crippen LogP contribution in [0.2, 0.25) is 0 Å². The molecule has 28 heavy (non-hydrogen) atoms. The Morgan fingerprint density at radius 3 is 2.79 bits per heavy atom. The first kappa shape index (κ1) is 17.9. The number of pyridine rings is 1. The SMILES string of the molecule is CC[C@@H]1CSC2=N[C@H](c3ccccn3)[C@H](c3cc(C)n(-c4nccs4)c3C)N21. The van der Waals surface area contributed by atoms with Gasteiger partial charge in [-0.1, -0.05) is 24.8 Å². The lowest BCUT2D eigenvalue weighted by Crippen LogP contribution is -2.35. The number of hydrogen-bond donors (Lipinski definition) is 0. The Morgan fingerprint density at radius 2 is 2.07 bits per heavy atom. The Labute approximate surface area is 173 Å². The number of hydrogen-bond acceptors (Lipinski definition) is 6. The fourth-order valence-electron chi connectivity index (χ4n) is 4.39. The summed E-state index contributed by atoms with van der Waals surface area (Å²) in [6, 6.07) is 9.20. The van der Waals surface area contributed by atoms with E-state index in [0.29, 0.717) is 6.04 Å². The maximum atomic E-state index is 5.14. The van der Waals surface area contributed by atoms with Gasteiger partial charge in [-0.05, 0) is 44.0 Å². The fraction of sp³-hybridized carbons (Fsp3) is 0.381. The Morgan fingerprint density at radius 1 is 1.18 bits per heavy atom. The molecule has 0 unspecified atom stereocenters. The largest absolute Gasteiger partial charge is 0.338 e. The van der Waals surface area contributed by atoms with Gasteiger partial charge in [-0.3, -0.25) is 14.5 Å². The summed E-state index contributed by atoms with van der Waals surface area (Å²) >= 11 is 3.56. The van der Waals surface area contributed by atoms with Gasteiger partial charge in [0.05, 0.1) is 11.7 Å². The van der Waals surface area contributed by atoms with Crippen molar-refractivity contribution >= 4 is 28.3 Å². The second-order valence-electron chi connectivity index (χ2n) is 7.31. The van der Waals surface area contributed by atoms with Crippen LogP contribution < -0.4 is 0 Å². The van der Waals surface area contributed by atoms with Gasteiger partial charge in [0.15, 0.2) is 10.3 Å². The minimum absolute atomic E-state index is 0.0308. The van der Waals surface area contributed by atoms with Crippen molar-refractivity contribution in [1.82, 2.24) is 19.4 Å². The summed E-state index contributed by atoms with van der Waals surface area (Å²) in [7, 11) is 0. The third-order valence-corrected chi connectivity index (χ3v) is 7.61. The Kier molecular flexibility index (Phi) is 4.51. The second-order valence-corrected chi connectivity index (χ2v) is 9.17. The van der Waals surface area contributed by atoms with Crippen molar-refractivity contribution in [3.8, 4) is 5.13 Å². The summed E-state index contributed by atoms with van der Waals surface area (Å²) in [5.74, 6) is 1.12. The van der Waals surface area contributed by atoms with Crippen molar-refractivity contribution in [2.45, 2.75) is 45.3 Å². The fourth-order valence-corrected chi connectivity index (χ4v) is 6.48.